The Hall–Kier alpha value is -1.85. The van der Waals surface area contributed by atoms with Crippen molar-refractivity contribution in [3.05, 3.63) is 52.5 Å². The first kappa shape index (κ1) is 21.8. The van der Waals surface area contributed by atoms with Crippen LogP contribution in [-0.2, 0) is 14.8 Å². The number of thiazole rings is 1. The van der Waals surface area contributed by atoms with E-state index in [2.05, 4.69) is 20.9 Å². The zero-order valence-electron chi connectivity index (χ0n) is 16.1. The summed E-state index contributed by atoms with van der Waals surface area (Å²) < 4.78 is 32.8. The van der Waals surface area contributed by atoms with E-state index in [0.717, 1.165) is 14.5 Å². The van der Waals surface area contributed by atoms with E-state index in [9.17, 15) is 13.2 Å². The number of ether oxygens (including phenoxy) is 1. The summed E-state index contributed by atoms with van der Waals surface area (Å²) in [5.41, 5.74) is 1.05. The van der Waals surface area contributed by atoms with Gasteiger partial charge in [-0.3, -0.25) is 9.69 Å². The molecule has 3 rings (SSSR count). The van der Waals surface area contributed by atoms with Crippen molar-refractivity contribution in [3.8, 4) is 0 Å². The molecule has 0 bridgehead atoms. The lowest BCUT2D eigenvalue weighted by atomic mass is 10.2. The zero-order chi connectivity index (χ0) is 21.2. The van der Waals surface area contributed by atoms with Gasteiger partial charge in [-0.25, -0.2) is 17.7 Å². The summed E-state index contributed by atoms with van der Waals surface area (Å²) >= 11 is 4.67. The minimum Gasteiger partial charge on any atom is -0.383 e. The van der Waals surface area contributed by atoms with Crippen LogP contribution in [0.1, 0.15) is 10.4 Å². The summed E-state index contributed by atoms with van der Waals surface area (Å²) in [4.78, 5) is 19.4. The predicted octanol–water partition coefficient (Wildman–Crippen LogP) is 3.60. The number of para-hydroxylation sites is 1. The van der Waals surface area contributed by atoms with Crippen LogP contribution >= 0.6 is 27.3 Å². The van der Waals surface area contributed by atoms with E-state index in [1.807, 2.05) is 24.3 Å². The van der Waals surface area contributed by atoms with Gasteiger partial charge in [-0.15, -0.1) is 0 Å². The van der Waals surface area contributed by atoms with Crippen LogP contribution < -0.4 is 4.90 Å². The fourth-order valence-corrected chi connectivity index (χ4v) is 5.46. The number of aromatic nitrogens is 1. The lowest BCUT2D eigenvalue weighted by molar-refractivity contribution is 0.0975. The molecule has 0 aliphatic rings. The Kier molecular flexibility index (Phi) is 6.69. The largest absolute Gasteiger partial charge is 0.383 e. The number of fused-ring (bicyclic) bond motifs is 1. The van der Waals surface area contributed by atoms with Crippen LogP contribution in [-0.4, -0.2) is 58.0 Å². The van der Waals surface area contributed by atoms with Crippen LogP contribution in [0.15, 0.2) is 51.8 Å². The molecule has 0 fully saturated rings. The molecule has 0 spiro atoms. The average Bonchev–Trinajstić information content (AvgIpc) is 3.12. The Labute approximate surface area is 182 Å². The Bertz CT molecular complexity index is 1110. The molecule has 29 heavy (non-hydrogen) atoms. The number of methoxy groups -OCH3 is 1. The molecule has 3 aromatic rings. The van der Waals surface area contributed by atoms with Crippen molar-refractivity contribution in [2.75, 3.05) is 39.3 Å². The molecular formula is C19H20BrN3O4S2. The van der Waals surface area contributed by atoms with Gasteiger partial charge in [0.05, 0.1) is 28.3 Å². The smallest absolute Gasteiger partial charge is 0.260 e. The number of hydrogen-bond donors (Lipinski definition) is 0. The molecule has 1 heterocycles. The van der Waals surface area contributed by atoms with Crippen molar-refractivity contribution in [2.24, 2.45) is 0 Å². The highest BCUT2D eigenvalue weighted by Gasteiger charge is 2.25. The van der Waals surface area contributed by atoms with Crippen molar-refractivity contribution in [1.29, 1.82) is 0 Å². The first-order valence-corrected chi connectivity index (χ1v) is 11.7. The molecule has 7 nitrogen and oxygen atoms in total. The summed E-state index contributed by atoms with van der Waals surface area (Å²) in [7, 11) is 0.738. The minimum atomic E-state index is -3.71. The number of benzene rings is 2. The number of sulfonamides is 1. The quantitative estimate of drug-likeness (QED) is 0.498. The maximum atomic E-state index is 13.3. The topological polar surface area (TPSA) is 79.8 Å². The minimum absolute atomic E-state index is 0.0318. The second-order valence-electron chi connectivity index (χ2n) is 6.35. The summed E-state index contributed by atoms with van der Waals surface area (Å²) in [6.45, 7) is 0.613. The first-order chi connectivity index (χ1) is 13.8. The molecule has 1 aromatic heterocycles. The summed E-state index contributed by atoms with van der Waals surface area (Å²) in [6.07, 6.45) is 0. The van der Waals surface area contributed by atoms with E-state index < -0.39 is 10.0 Å². The van der Waals surface area contributed by atoms with Gasteiger partial charge in [-0.05, 0) is 46.3 Å². The first-order valence-electron chi connectivity index (χ1n) is 8.64. The van der Waals surface area contributed by atoms with Crippen molar-refractivity contribution in [2.45, 2.75) is 4.90 Å². The van der Waals surface area contributed by atoms with Crippen molar-refractivity contribution < 1.29 is 17.9 Å². The SMILES string of the molecule is COCCN(C(=O)c1ccc(Br)c(S(=O)(=O)N(C)C)c1)c1nc2ccccc2s1. The van der Waals surface area contributed by atoms with Crippen LogP contribution in [0.5, 0.6) is 0 Å². The van der Waals surface area contributed by atoms with E-state index >= 15 is 0 Å². The Balaban J connectivity index is 2.04. The molecule has 0 aliphatic heterocycles. The maximum absolute atomic E-state index is 13.3. The van der Waals surface area contributed by atoms with E-state index in [0.29, 0.717) is 22.8 Å². The number of amides is 1. The van der Waals surface area contributed by atoms with Crippen LogP contribution in [0.2, 0.25) is 0 Å². The Morgan fingerprint density at radius 2 is 1.93 bits per heavy atom. The molecule has 0 aliphatic carbocycles. The van der Waals surface area contributed by atoms with Crippen LogP contribution in [0.4, 0.5) is 5.13 Å². The maximum Gasteiger partial charge on any atom is 0.260 e. The van der Waals surface area contributed by atoms with E-state index in [-0.39, 0.29) is 16.4 Å². The second-order valence-corrected chi connectivity index (χ2v) is 10.3. The standard InChI is InChI=1S/C19H20BrN3O4S2/c1-22(2)29(25,26)17-12-13(8-9-14(17)20)18(24)23(10-11-27-3)19-21-15-6-4-5-7-16(15)28-19/h4-9,12H,10-11H2,1-3H3. The molecule has 0 saturated carbocycles. The zero-order valence-corrected chi connectivity index (χ0v) is 19.3. The van der Waals surface area contributed by atoms with Crippen molar-refractivity contribution in [3.63, 3.8) is 0 Å². The lowest BCUT2D eigenvalue weighted by Gasteiger charge is -2.20. The molecular weight excluding hydrogens is 478 g/mol. The normalized spacial score (nSPS) is 11.9. The highest BCUT2D eigenvalue weighted by atomic mass is 79.9. The summed E-state index contributed by atoms with van der Waals surface area (Å²) in [5.74, 6) is -0.344. The third kappa shape index (κ3) is 4.51. The van der Waals surface area contributed by atoms with Gasteiger partial charge in [0.15, 0.2) is 5.13 Å². The van der Waals surface area contributed by atoms with E-state index in [1.54, 1.807) is 19.2 Å². The van der Waals surface area contributed by atoms with Gasteiger partial charge >= 0.3 is 0 Å². The van der Waals surface area contributed by atoms with Gasteiger partial charge in [-0.2, -0.15) is 0 Å². The number of carbonyl (C=O) groups excluding carboxylic acids is 1. The molecule has 154 valence electrons. The lowest BCUT2D eigenvalue weighted by Crippen LogP contribution is -2.34. The number of rotatable bonds is 7. The number of carbonyl (C=O) groups is 1. The summed E-state index contributed by atoms with van der Waals surface area (Å²) in [6, 6.07) is 12.2. The number of anilines is 1. The average molecular weight is 498 g/mol. The van der Waals surface area contributed by atoms with Gasteiger partial charge in [0.25, 0.3) is 5.91 Å². The van der Waals surface area contributed by atoms with Crippen molar-refractivity contribution in [1.82, 2.24) is 9.29 Å². The van der Waals surface area contributed by atoms with Gasteiger partial charge in [0.1, 0.15) is 0 Å². The molecule has 2 aromatic carbocycles. The molecule has 0 saturated heterocycles. The Morgan fingerprint density at radius 3 is 2.59 bits per heavy atom. The predicted molar refractivity (Wildman–Crippen MR) is 118 cm³/mol. The van der Waals surface area contributed by atoms with E-state index in [1.165, 1.54) is 36.4 Å². The van der Waals surface area contributed by atoms with Gasteiger partial charge < -0.3 is 4.74 Å². The molecule has 0 atom stereocenters. The molecule has 0 radical (unpaired) electrons. The molecule has 1 amide bonds. The second kappa shape index (κ2) is 8.88. The van der Waals surface area contributed by atoms with Gasteiger partial charge in [-0.1, -0.05) is 23.5 Å². The van der Waals surface area contributed by atoms with Gasteiger partial charge in [0, 0.05) is 31.2 Å². The number of hydrogen-bond acceptors (Lipinski definition) is 6. The van der Waals surface area contributed by atoms with E-state index in [4.69, 9.17) is 4.74 Å². The highest BCUT2D eigenvalue weighted by Crippen LogP contribution is 2.31. The van der Waals surface area contributed by atoms with Gasteiger partial charge in [0.2, 0.25) is 10.0 Å². The molecule has 0 N–H and O–H groups in total. The highest BCUT2D eigenvalue weighted by molar-refractivity contribution is 9.10. The summed E-state index contributed by atoms with van der Waals surface area (Å²) in [5, 5.41) is 0.535. The third-order valence-corrected chi connectivity index (χ3v) is 8.08. The van der Waals surface area contributed by atoms with Crippen molar-refractivity contribution >= 4 is 58.5 Å². The van der Waals surface area contributed by atoms with Crippen LogP contribution in [0.3, 0.4) is 0 Å². The number of nitrogens with zero attached hydrogens (tertiary/aromatic N) is 3. The van der Waals surface area contributed by atoms with Crippen LogP contribution in [0.25, 0.3) is 10.2 Å². The molecule has 10 heteroatoms. The fraction of sp³-hybridized carbons (Fsp3) is 0.263. The molecule has 0 unspecified atom stereocenters. The third-order valence-electron chi connectivity index (χ3n) is 4.21. The Morgan fingerprint density at radius 1 is 1.21 bits per heavy atom. The monoisotopic (exact) mass is 497 g/mol. The van der Waals surface area contributed by atoms with Crippen LogP contribution in [0, 0.1) is 0 Å². The fourth-order valence-electron chi connectivity index (χ4n) is 2.63. The number of halogens is 1.